The third-order valence-corrected chi connectivity index (χ3v) is 2.73. The molecule has 2 atom stereocenters. The molecule has 0 aromatic heterocycles. The third-order valence-electron chi connectivity index (χ3n) is 2.73. The molecular formula is C12H21NO4. The number of carbonyl (C=O) groups is 2. The zero-order chi connectivity index (χ0) is 12.8. The zero-order valence-electron chi connectivity index (χ0n) is 10.7. The molecule has 0 aromatic carbocycles. The van der Waals surface area contributed by atoms with Crippen molar-refractivity contribution in [1.29, 1.82) is 0 Å². The molecule has 0 aromatic rings. The zero-order valence-corrected chi connectivity index (χ0v) is 10.7. The number of ether oxygens (including phenoxy) is 2. The predicted molar refractivity (Wildman–Crippen MR) is 62.4 cm³/mol. The number of rotatable bonds is 5. The Morgan fingerprint density at radius 1 is 1.47 bits per heavy atom. The van der Waals surface area contributed by atoms with E-state index in [2.05, 4.69) is 10.1 Å². The maximum Gasteiger partial charge on any atom is 0.328 e. The molecule has 5 heteroatoms. The Morgan fingerprint density at radius 2 is 2.18 bits per heavy atom. The minimum atomic E-state index is -0.573. The molecule has 1 N–H and O–H groups in total. The molecule has 0 spiro atoms. The summed E-state index contributed by atoms with van der Waals surface area (Å²) in [6, 6.07) is -0.573. The van der Waals surface area contributed by atoms with Crippen molar-refractivity contribution in [2.45, 2.75) is 45.3 Å². The first-order valence-corrected chi connectivity index (χ1v) is 6.04. The van der Waals surface area contributed by atoms with Crippen LogP contribution in [0.15, 0.2) is 0 Å². The Morgan fingerprint density at radius 3 is 2.65 bits per heavy atom. The summed E-state index contributed by atoms with van der Waals surface area (Å²) in [7, 11) is 1.33. The fourth-order valence-corrected chi connectivity index (χ4v) is 1.88. The van der Waals surface area contributed by atoms with Crippen LogP contribution in [0.4, 0.5) is 0 Å². The number of esters is 1. The quantitative estimate of drug-likeness (QED) is 0.728. The number of hydrogen-bond donors (Lipinski definition) is 1. The van der Waals surface area contributed by atoms with Gasteiger partial charge < -0.3 is 14.8 Å². The summed E-state index contributed by atoms with van der Waals surface area (Å²) in [4.78, 5) is 23.3. The van der Waals surface area contributed by atoms with Crippen LogP contribution in [0.1, 0.15) is 33.1 Å². The van der Waals surface area contributed by atoms with Gasteiger partial charge in [0.25, 0.3) is 0 Å². The average Bonchev–Trinajstić information content (AvgIpc) is 2.79. The van der Waals surface area contributed by atoms with Gasteiger partial charge in [-0.1, -0.05) is 13.8 Å². The molecule has 1 fully saturated rings. The molecule has 0 aliphatic carbocycles. The lowest BCUT2D eigenvalue weighted by molar-refractivity contribution is -0.146. The van der Waals surface area contributed by atoms with E-state index in [-0.39, 0.29) is 5.91 Å². The molecule has 5 nitrogen and oxygen atoms in total. The second-order valence-electron chi connectivity index (χ2n) is 4.72. The second kappa shape index (κ2) is 6.59. The molecule has 98 valence electrons. The van der Waals surface area contributed by atoms with Crippen molar-refractivity contribution in [3.8, 4) is 0 Å². The van der Waals surface area contributed by atoms with Gasteiger partial charge in [0.15, 0.2) is 0 Å². The monoisotopic (exact) mass is 243 g/mol. The van der Waals surface area contributed by atoms with E-state index in [1.54, 1.807) is 0 Å². The standard InChI is InChI=1S/C12H21NO4/c1-8(2)7-9(12(15)16-3)13-11(14)10-5-4-6-17-10/h8-10H,4-7H2,1-3H3,(H,13,14)/t9-,10?/m0/s1. The summed E-state index contributed by atoms with van der Waals surface area (Å²) >= 11 is 0. The Kier molecular flexibility index (Phi) is 5.41. The third kappa shape index (κ3) is 4.34. The summed E-state index contributed by atoms with van der Waals surface area (Å²) in [5.74, 6) is -0.299. The van der Waals surface area contributed by atoms with E-state index in [0.29, 0.717) is 18.9 Å². The number of nitrogens with one attached hydrogen (secondary N) is 1. The lowest BCUT2D eigenvalue weighted by Gasteiger charge is -2.20. The maximum absolute atomic E-state index is 11.8. The van der Waals surface area contributed by atoms with Crippen LogP contribution in [0.2, 0.25) is 0 Å². The SMILES string of the molecule is COC(=O)[C@H](CC(C)C)NC(=O)C1CCCO1. The fraction of sp³-hybridized carbons (Fsp3) is 0.833. The molecule has 1 saturated heterocycles. The van der Waals surface area contributed by atoms with Gasteiger partial charge in [0.2, 0.25) is 5.91 Å². The lowest BCUT2D eigenvalue weighted by atomic mass is 10.0. The van der Waals surface area contributed by atoms with E-state index >= 15 is 0 Å². The first kappa shape index (κ1) is 14.0. The van der Waals surface area contributed by atoms with Crippen LogP contribution < -0.4 is 5.32 Å². The Hall–Kier alpha value is -1.10. The van der Waals surface area contributed by atoms with Gasteiger partial charge in [-0.05, 0) is 25.2 Å². The topological polar surface area (TPSA) is 64.6 Å². The predicted octanol–water partition coefficient (Wildman–Crippen LogP) is 0.869. The van der Waals surface area contributed by atoms with E-state index in [0.717, 1.165) is 12.8 Å². The van der Waals surface area contributed by atoms with E-state index < -0.39 is 18.1 Å². The van der Waals surface area contributed by atoms with Crippen molar-refractivity contribution in [2.24, 2.45) is 5.92 Å². The van der Waals surface area contributed by atoms with Gasteiger partial charge in [-0.2, -0.15) is 0 Å². The van der Waals surface area contributed by atoms with E-state index in [4.69, 9.17) is 4.74 Å². The van der Waals surface area contributed by atoms with Crippen LogP contribution >= 0.6 is 0 Å². The van der Waals surface area contributed by atoms with Gasteiger partial charge in [-0.25, -0.2) is 4.79 Å². The minimum absolute atomic E-state index is 0.210. The van der Waals surface area contributed by atoms with Crippen molar-refractivity contribution in [3.63, 3.8) is 0 Å². The van der Waals surface area contributed by atoms with E-state index in [1.807, 2.05) is 13.8 Å². The van der Waals surface area contributed by atoms with E-state index in [9.17, 15) is 9.59 Å². The summed E-state index contributed by atoms with van der Waals surface area (Å²) in [5, 5.41) is 2.70. The van der Waals surface area contributed by atoms with Gasteiger partial charge in [0, 0.05) is 6.61 Å². The number of amides is 1. The summed E-state index contributed by atoms with van der Waals surface area (Å²) < 4.78 is 9.95. The molecule has 0 saturated carbocycles. The smallest absolute Gasteiger partial charge is 0.328 e. The molecule has 1 heterocycles. The Labute approximate surface area is 102 Å². The van der Waals surface area contributed by atoms with Gasteiger partial charge in [0.1, 0.15) is 12.1 Å². The molecule has 1 rings (SSSR count). The molecule has 0 bridgehead atoms. The van der Waals surface area contributed by atoms with Gasteiger partial charge in [-0.15, -0.1) is 0 Å². The van der Waals surface area contributed by atoms with Gasteiger partial charge in [-0.3, -0.25) is 4.79 Å². The summed E-state index contributed by atoms with van der Waals surface area (Å²) in [5.41, 5.74) is 0. The van der Waals surface area contributed by atoms with Crippen molar-refractivity contribution in [1.82, 2.24) is 5.32 Å². The van der Waals surface area contributed by atoms with Crippen LogP contribution in [-0.4, -0.2) is 37.7 Å². The molecule has 1 aliphatic rings. The highest BCUT2D eigenvalue weighted by Crippen LogP contribution is 2.13. The molecule has 0 radical (unpaired) electrons. The van der Waals surface area contributed by atoms with Crippen molar-refractivity contribution < 1.29 is 19.1 Å². The highest BCUT2D eigenvalue weighted by Gasteiger charge is 2.29. The molecule has 1 unspecified atom stereocenters. The van der Waals surface area contributed by atoms with Crippen LogP contribution in [0.25, 0.3) is 0 Å². The van der Waals surface area contributed by atoms with Crippen molar-refractivity contribution >= 4 is 11.9 Å². The van der Waals surface area contributed by atoms with Crippen LogP contribution in [0.3, 0.4) is 0 Å². The number of methoxy groups -OCH3 is 1. The normalized spacial score (nSPS) is 21.3. The van der Waals surface area contributed by atoms with Crippen LogP contribution in [-0.2, 0) is 19.1 Å². The minimum Gasteiger partial charge on any atom is -0.467 e. The second-order valence-corrected chi connectivity index (χ2v) is 4.72. The largest absolute Gasteiger partial charge is 0.467 e. The highest BCUT2D eigenvalue weighted by molar-refractivity contribution is 5.87. The fourth-order valence-electron chi connectivity index (χ4n) is 1.88. The first-order chi connectivity index (χ1) is 8.04. The molecule has 1 amide bonds. The Bertz CT molecular complexity index is 272. The lowest BCUT2D eigenvalue weighted by Crippen LogP contribution is -2.46. The number of hydrogen-bond acceptors (Lipinski definition) is 4. The summed E-state index contributed by atoms with van der Waals surface area (Å²) in [6.07, 6.45) is 1.78. The molecule has 1 aliphatic heterocycles. The highest BCUT2D eigenvalue weighted by atomic mass is 16.5. The molecule has 17 heavy (non-hydrogen) atoms. The number of carbonyl (C=O) groups excluding carboxylic acids is 2. The van der Waals surface area contributed by atoms with Crippen LogP contribution in [0, 0.1) is 5.92 Å². The van der Waals surface area contributed by atoms with E-state index in [1.165, 1.54) is 7.11 Å². The average molecular weight is 243 g/mol. The van der Waals surface area contributed by atoms with Crippen LogP contribution in [0.5, 0.6) is 0 Å². The van der Waals surface area contributed by atoms with Gasteiger partial charge >= 0.3 is 5.97 Å². The van der Waals surface area contributed by atoms with Gasteiger partial charge in [0.05, 0.1) is 7.11 Å². The van der Waals surface area contributed by atoms with Crippen molar-refractivity contribution in [2.75, 3.05) is 13.7 Å². The maximum atomic E-state index is 11.8. The Balaban J connectivity index is 2.52. The first-order valence-electron chi connectivity index (χ1n) is 6.04. The molecular weight excluding hydrogens is 222 g/mol. The van der Waals surface area contributed by atoms with Crippen molar-refractivity contribution in [3.05, 3.63) is 0 Å². The summed E-state index contributed by atoms with van der Waals surface area (Å²) in [6.45, 7) is 4.60.